The number of phenolic OH excluding ortho intramolecular Hbond substituents is 1. The van der Waals surface area contributed by atoms with Crippen LogP contribution in [0.3, 0.4) is 0 Å². The van der Waals surface area contributed by atoms with Crippen molar-refractivity contribution in [1.82, 2.24) is 14.9 Å². The molecule has 9 nitrogen and oxygen atoms in total. The number of nitrogens with zero attached hydrogens (tertiary/aromatic N) is 4. The average Bonchev–Trinajstić information content (AvgIpc) is 3.26. The second-order valence-electron chi connectivity index (χ2n) is 5.60. The third kappa shape index (κ3) is 4.34. The fraction of sp³-hybridized carbons (Fsp3) is 0.222. The molecule has 0 fully saturated rings. The molecule has 0 atom stereocenters. The van der Waals surface area contributed by atoms with E-state index in [1.807, 2.05) is 6.92 Å². The van der Waals surface area contributed by atoms with Crippen LogP contribution in [0.5, 0.6) is 11.5 Å². The molecule has 3 aromatic rings. The van der Waals surface area contributed by atoms with Crippen molar-refractivity contribution in [1.29, 1.82) is 0 Å². The Kier molecular flexibility index (Phi) is 5.99. The van der Waals surface area contributed by atoms with Crippen LogP contribution in [0.1, 0.15) is 18.2 Å². The zero-order valence-electron chi connectivity index (χ0n) is 15.2. The van der Waals surface area contributed by atoms with Crippen LogP contribution in [-0.4, -0.2) is 49.6 Å². The normalized spacial score (nSPS) is 11.2. The van der Waals surface area contributed by atoms with Gasteiger partial charge in [-0.05, 0) is 43.7 Å². The SMILES string of the molecule is CCOc1cc(/C=N/n2c(SCC(=O)O)nnc2-c2ccoc2C)ccc1O. The number of carbonyl (C=O) groups is 1. The van der Waals surface area contributed by atoms with Crippen molar-refractivity contribution in [2.45, 2.75) is 19.0 Å². The molecule has 0 bridgehead atoms. The summed E-state index contributed by atoms with van der Waals surface area (Å²) < 4.78 is 12.2. The van der Waals surface area contributed by atoms with Gasteiger partial charge in [0.05, 0.1) is 30.4 Å². The molecule has 0 spiro atoms. The summed E-state index contributed by atoms with van der Waals surface area (Å²) in [5.41, 5.74) is 1.38. The first-order chi connectivity index (χ1) is 13.5. The second kappa shape index (κ2) is 8.61. The zero-order valence-corrected chi connectivity index (χ0v) is 16.0. The molecular formula is C18H18N4O5S. The smallest absolute Gasteiger partial charge is 0.313 e. The number of thioether (sulfide) groups is 1. The summed E-state index contributed by atoms with van der Waals surface area (Å²) in [6, 6.07) is 6.59. The standard InChI is InChI=1S/C18H18N4O5S/c1-3-26-15-8-12(4-5-14(15)23)9-19-22-17(13-6-7-27-11(13)2)20-21-18(22)28-10-16(24)25/h4-9,23H,3,10H2,1-2H3,(H,24,25)/b19-9+. The van der Waals surface area contributed by atoms with Crippen LogP contribution in [0.4, 0.5) is 0 Å². The second-order valence-corrected chi connectivity index (χ2v) is 6.54. The fourth-order valence-electron chi connectivity index (χ4n) is 2.38. The van der Waals surface area contributed by atoms with Crippen molar-refractivity contribution >= 4 is 23.9 Å². The molecule has 0 aliphatic rings. The number of aromatic hydroxyl groups is 1. The lowest BCUT2D eigenvalue weighted by Crippen LogP contribution is -2.02. The van der Waals surface area contributed by atoms with Gasteiger partial charge >= 0.3 is 5.97 Å². The molecule has 2 aromatic heterocycles. The van der Waals surface area contributed by atoms with Crippen LogP contribution in [0.2, 0.25) is 0 Å². The molecule has 2 heterocycles. The van der Waals surface area contributed by atoms with E-state index in [0.717, 1.165) is 11.8 Å². The third-order valence-electron chi connectivity index (χ3n) is 3.64. The minimum atomic E-state index is -0.968. The van der Waals surface area contributed by atoms with E-state index >= 15 is 0 Å². The van der Waals surface area contributed by atoms with Gasteiger partial charge in [0.1, 0.15) is 5.76 Å². The molecule has 10 heteroatoms. The van der Waals surface area contributed by atoms with E-state index in [2.05, 4.69) is 15.3 Å². The van der Waals surface area contributed by atoms with Gasteiger partial charge in [-0.15, -0.1) is 10.2 Å². The van der Waals surface area contributed by atoms with Crippen molar-refractivity contribution in [2.75, 3.05) is 12.4 Å². The summed E-state index contributed by atoms with van der Waals surface area (Å²) in [6.45, 7) is 4.03. The van der Waals surface area contributed by atoms with Crippen LogP contribution in [-0.2, 0) is 4.79 Å². The first-order valence-corrected chi connectivity index (χ1v) is 9.32. The molecule has 3 rings (SSSR count). The number of aromatic nitrogens is 3. The molecule has 0 aliphatic heterocycles. The molecule has 0 aliphatic carbocycles. The van der Waals surface area contributed by atoms with Gasteiger partial charge < -0.3 is 19.4 Å². The van der Waals surface area contributed by atoms with Gasteiger partial charge in [-0.25, -0.2) is 0 Å². The van der Waals surface area contributed by atoms with Gasteiger partial charge in [-0.3, -0.25) is 4.79 Å². The Morgan fingerprint density at radius 3 is 2.89 bits per heavy atom. The maximum atomic E-state index is 10.9. The van der Waals surface area contributed by atoms with Crippen LogP contribution < -0.4 is 4.74 Å². The maximum absolute atomic E-state index is 10.9. The Labute approximate surface area is 164 Å². The molecule has 2 N–H and O–H groups in total. The number of aliphatic carboxylic acids is 1. The third-order valence-corrected chi connectivity index (χ3v) is 4.55. The van der Waals surface area contributed by atoms with E-state index in [9.17, 15) is 9.90 Å². The number of carboxylic acids is 1. The van der Waals surface area contributed by atoms with Crippen molar-refractivity contribution in [3.05, 3.63) is 41.9 Å². The predicted molar refractivity (Wildman–Crippen MR) is 103 cm³/mol. The molecule has 28 heavy (non-hydrogen) atoms. The Hall–Kier alpha value is -3.27. The highest BCUT2D eigenvalue weighted by atomic mass is 32.2. The topological polar surface area (TPSA) is 123 Å². The summed E-state index contributed by atoms with van der Waals surface area (Å²) in [6.07, 6.45) is 3.08. The summed E-state index contributed by atoms with van der Waals surface area (Å²) in [5.74, 6) is 0.314. The summed E-state index contributed by atoms with van der Waals surface area (Å²) in [7, 11) is 0. The molecule has 0 amide bonds. The Morgan fingerprint density at radius 1 is 1.39 bits per heavy atom. The zero-order chi connectivity index (χ0) is 20.1. The number of furan rings is 1. The van der Waals surface area contributed by atoms with Gasteiger partial charge in [0.15, 0.2) is 17.3 Å². The lowest BCUT2D eigenvalue weighted by atomic mass is 10.2. The van der Waals surface area contributed by atoms with E-state index < -0.39 is 5.97 Å². The number of hydrogen-bond donors (Lipinski definition) is 2. The number of phenols is 1. The quantitative estimate of drug-likeness (QED) is 0.435. The van der Waals surface area contributed by atoms with E-state index in [0.29, 0.717) is 40.2 Å². The number of rotatable bonds is 8. The molecule has 1 aromatic carbocycles. The average molecular weight is 402 g/mol. The van der Waals surface area contributed by atoms with Crippen LogP contribution >= 0.6 is 11.8 Å². The lowest BCUT2D eigenvalue weighted by molar-refractivity contribution is -0.133. The number of hydrogen-bond acceptors (Lipinski definition) is 8. The van der Waals surface area contributed by atoms with Crippen molar-refractivity contribution in [3.8, 4) is 22.9 Å². The number of aryl methyl sites for hydroxylation is 1. The van der Waals surface area contributed by atoms with Gasteiger partial charge in [0, 0.05) is 0 Å². The van der Waals surface area contributed by atoms with E-state index in [-0.39, 0.29) is 11.5 Å². The molecule has 146 valence electrons. The lowest BCUT2D eigenvalue weighted by Gasteiger charge is -2.06. The first kappa shape index (κ1) is 19.5. The monoisotopic (exact) mass is 402 g/mol. The largest absolute Gasteiger partial charge is 0.504 e. The molecular weight excluding hydrogens is 384 g/mol. The first-order valence-electron chi connectivity index (χ1n) is 8.34. The minimum absolute atomic E-state index is 0.0377. The van der Waals surface area contributed by atoms with Gasteiger partial charge in [0.2, 0.25) is 5.16 Å². The van der Waals surface area contributed by atoms with Gasteiger partial charge in [-0.1, -0.05) is 11.8 Å². The number of carboxylic acid groups (broad SMARTS) is 1. The van der Waals surface area contributed by atoms with Gasteiger partial charge in [0.25, 0.3) is 0 Å². The molecule has 0 unspecified atom stereocenters. The molecule has 0 radical (unpaired) electrons. The van der Waals surface area contributed by atoms with E-state index in [1.54, 1.807) is 31.3 Å². The number of benzene rings is 1. The van der Waals surface area contributed by atoms with Crippen molar-refractivity contribution in [2.24, 2.45) is 5.10 Å². The predicted octanol–water partition coefficient (Wildman–Crippen LogP) is 3.01. The Morgan fingerprint density at radius 2 is 2.21 bits per heavy atom. The van der Waals surface area contributed by atoms with E-state index in [4.69, 9.17) is 14.3 Å². The van der Waals surface area contributed by atoms with Crippen LogP contribution in [0, 0.1) is 6.92 Å². The fourth-order valence-corrected chi connectivity index (χ4v) is 2.98. The molecule has 0 saturated carbocycles. The summed E-state index contributed by atoms with van der Waals surface area (Å²) >= 11 is 1.01. The van der Waals surface area contributed by atoms with Crippen LogP contribution in [0.25, 0.3) is 11.4 Å². The Bertz CT molecular complexity index is 1010. The van der Waals surface area contributed by atoms with Gasteiger partial charge in [-0.2, -0.15) is 9.78 Å². The number of ether oxygens (including phenoxy) is 1. The maximum Gasteiger partial charge on any atom is 0.313 e. The van der Waals surface area contributed by atoms with Crippen LogP contribution in [0.15, 0.2) is 45.2 Å². The highest BCUT2D eigenvalue weighted by molar-refractivity contribution is 7.99. The highest BCUT2D eigenvalue weighted by Gasteiger charge is 2.18. The highest BCUT2D eigenvalue weighted by Crippen LogP contribution is 2.28. The van der Waals surface area contributed by atoms with Crippen molar-refractivity contribution in [3.63, 3.8) is 0 Å². The summed E-state index contributed by atoms with van der Waals surface area (Å²) in [4.78, 5) is 10.9. The summed E-state index contributed by atoms with van der Waals surface area (Å²) in [5, 5.41) is 31.7. The Balaban J connectivity index is 1.98. The van der Waals surface area contributed by atoms with E-state index in [1.165, 1.54) is 17.0 Å². The molecule has 0 saturated heterocycles. The van der Waals surface area contributed by atoms with Crippen molar-refractivity contribution < 1.29 is 24.2 Å². The minimum Gasteiger partial charge on any atom is -0.504 e.